The van der Waals surface area contributed by atoms with Crippen LogP contribution in [0.15, 0.2) is 36.9 Å². The quantitative estimate of drug-likeness (QED) is 0.630. The zero-order valence-electron chi connectivity index (χ0n) is 7.85. The molecule has 0 heterocycles. The molecule has 3 nitrogen and oxygen atoms in total. The molecule has 0 saturated carbocycles. The number of hydrogen-bond acceptors (Lipinski definition) is 3. The Morgan fingerprint density at radius 2 is 2.14 bits per heavy atom. The SMILES string of the molecule is C=CCC(O)(CO)c1cccc(O)c1. The third-order valence-corrected chi connectivity index (χ3v) is 2.13. The Morgan fingerprint density at radius 3 is 2.64 bits per heavy atom. The zero-order valence-corrected chi connectivity index (χ0v) is 7.85. The first-order chi connectivity index (χ1) is 6.62. The number of phenols is 1. The van der Waals surface area contributed by atoms with Crippen molar-refractivity contribution in [2.75, 3.05) is 6.61 Å². The van der Waals surface area contributed by atoms with Crippen molar-refractivity contribution in [2.24, 2.45) is 0 Å². The topological polar surface area (TPSA) is 60.7 Å². The summed E-state index contributed by atoms with van der Waals surface area (Å²) in [5.41, 5.74) is -0.861. The van der Waals surface area contributed by atoms with E-state index in [1.54, 1.807) is 12.1 Å². The minimum atomic E-state index is -1.35. The summed E-state index contributed by atoms with van der Waals surface area (Å²) in [6.45, 7) is 3.11. The van der Waals surface area contributed by atoms with E-state index in [0.717, 1.165) is 0 Å². The van der Waals surface area contributed by atoms with Crippen molar-refractivity contribution in [1.29, 1.82) is 0 Å². The normalized spacial score (nSPS) is 14.7. The van der Waals surface area contributed by atoms with E-state index in [1.165, 1.54) is 18.2 Å². The molecule has 0 aliphatic heterocycles. The lowest BCUT2D eigenvalue weighted by Gasteiger charge is -2.24. The van der Waals surface area contributed by atoms with Gasteiger partial charge in [-0.3, -0.25) is 0 Å². The van der Waals surface area contributed by atoms with E-state index >= 15 is 0 Å². The molecule has 1 aromatic rings. The molecular weight excluding hydrogens is 180 g/mol. The van der Waals surface area contributed by atoms with Gasteiger partial charge in [-0.05, 0) is 17.7 Å². The van der Waals surface area contributed by atoms with Crippen molar-refractivity contribution in [2.45, 2.75) is 12.0 Å². The van der Waals surface area contributed by atoms with E-state index in [4.69, 9.17) is 5.11 Å². The maximum atomic E-state index is 9.98. The van der Waals surface area contributed by atoms with Gasteiger partial charge in [-0.1, -0.05) is 18.2 Å². The van der Waals surface area contributed by atoms with Crippen molar-refractivity contribution in [1.82, 2.24) is 0 Å². The number of phenolic OH excluding ortho intramolecular Hbond substituents is 1. The molecule has 0 bridgehead atoms. The van der Waals surface area contributed by atoms with E-state index in [2.05, 4.69) is 6.58 Å². The Kier molecular flexibility index (Phi) is 3.28. The zero-order chi connectivity index (χ0) is 10.6. The van der Waals surface area contributed by atoms with Crippen LogP contribution in [0.3, 0.4) is 0 Å². The Hall–Kier alpha value is -1.32. The van der Waals surface area contributed by atoms with Gasteiger partial charge in [0.25, 0.3) is 0 Å². The van der Waals surface area contributed by atoms with E-state index in [0.29, 0.717) is 5.56 Å². The summed E-state index contributed by atoms with van der Waals surface area (Å²) in [6, 6.07) is 6.21. The maximum Gasteiger partial charge on any atom is 0.116 e. The predicted octanol–water partition coefficient (Wildman–Crippen LogP) is 1.15. The lowest BCUT2D eigenvalue weighted by molar-refractivity contribution is -0.0166. The molecule has 0 aliphatic carbocycles. The van der Waals surface area contributed by atoms with E-state index in [-0.39, 0.29) is 12.2 Å². The monoisotopic (exact) mass is 194 g/mol. The Labute approximate surface area is 82.9 Å². The standard InChI is InChI=1S/C11H14O3/c1-2-6-11(14,8-12)9-4-3-5-10(13)7-9/h2-5,7,12-14H,1,6,8H2. The summed E-state index contributed by atoms with van der Waals surface area (Å²) in [4.78, 5) is 0. The fraction of sp³-hybridized carbons (Fsp3) is 0.273. The molecule has 0 amide bonds. The molecule has 3 N–H and O–H groups in total. The largest absolute Gasteiger partial charge is 0.508 e. The van der Waals surface area contributed by atoms with Crippen molar-refractivity contribution < 1.29 is 15.3 Å². The summed E-state index contributed by atoms with van der Waals surface area (Å²) in [6.07, 6.45) is 1.77. The van der Waals surface area contributed by atoms with Crippen molar-refractivity contribution in [3.05, 3.63) is 42.5 Å². The van der Waals surface area contributed by atoms with Crippen molar-refractivity contribution in [3.63, 3.8) is 0 Å². The van der Waals surface area contributed by atoms with Gasteiger partial charge in [0.05, 0.1) is 6.61 Å². The second kappa shape index (κ2) is 4.26. The number of aromatic hydroxyl groups is 1. The maximum absolute atomic E-state index is 9.98. The predicted molar refractivity (Wildman–Crippen MR) is 53.9 cm³/mol. The average molecular weight is 194 g/mol. The number of aliphatic hydroxyl groups excluding tert-OH is 1. The van der Waals surface area contributed by atoms with Crippen LogP contribution in [-0.4, -0.2) is 21.9 Å². The van der Waals surface area contributed by atoms with Gasteiger partial charge in [-0.25, -0.2) is 0 Å². The summed E-state index contributed by atoms with van der Waals surface area (Å²) >= 11 is 0. The molecule has 14 heavy (non-hydrogen) atoms. The first-order valence-electron chi connectivity index (χ1n) is 4.36. The van der Waals surface area contributed by atoms with Crippen LogP contribution in [-0.2, 0) is 5.60 Å². The first-order valence-corrected chi connectivity index (χ1v) is 4.36. The molecule has 0 aromatic heterocycles. The third kappa shape index (κ3) is 2.13. The van der Waals surface area contributed by atoms with Gasteiger partial charge in [0.2, 0.25) is 0 Å². The van der Waals surface area contributed by atoms with Crippen LogP contribution >= 0.6 is 0 Å². The van der Waals surface area contributed by atoms with Crippen LogP contribution in [0, 0.1) is 0 Å². The lowest BCUT2D eigenvalue weighted by atomic mass is 9.91. The molecule has 76 valence electrons. The Balaban J connectivity index is 3.05. The van der Waals surface area contributed by atoms with Crippen LogP contribution in [0.4, 0.5) is 0 Å². The molecule has 0 radical (unpaired) electrons. The minimum absolute atomic E-state index is 0.0680. The highest BCUT2D eigenvalue weighted by Crippen LogP contribution is 2.27. The van der Waals surface area contributed by atoms with Crippen LogP contribution in [0.25, 0.3) is 0 Å². The molecular formula is C11H14O3. The molecule has 0 spiro atoms. The summed E-state index contributed by atoms with van der Waals surface area (Å²) < 4.78 is 0. The second-order valence-electron chi connectivity index (χ2n) is 3.23. The highest BCUT2D eigenvalue weighted by Gasteiger charge is 2.26. The molecule has 1 atom stereocenters. The van der Waals surface area contributed by atoms with Gasteiger partial charge in [-0.15, -0.1) is 6.58 Å². The third-order valence-electron chi connectivity index (χ3n) is 2.13. The number of rotatable bonds is 4. The minimum Gasteiger partial charge on any atom is -0.508 e. The van der Waals surface area contributed by atoms with Gasteiger partial charge in [0.1, 0.15) is 11.4 Å². The molecule has 1 unspecified atom stereocenters. The van der Waals surface area contributed by atoms with Gasteiger partial charge in [0, 0.05) is 6.42 Å². The highest BCUT2D eigenvalue weighted by atomic mass is 16.3. The van der Waals surface area contributed by atoms with E-state index in [1.807, 2.05) is 0 Å². The van der Waals surface area contributed by atoms with Crippen LogP contribution in [0.1, 0.15) is 12.0 Å². The fourth-order valence-electron chi connectivity index (χ4n) is 1.31. The van der Waals surface area contributed by atoms with Crippen molar-refractivity contribution in [3.8, 4) is 5.75 Å². The molecule has 0 aliphatic rings. The Morgan fingerprint density at radius 1 is 1.43 bits per heavy atom. The summed E-state index contributed by atoms with van der Waals surface area (Å²) in [5, 5.41) is 28.3. The van der Waals surface area contributed by atoms with Gasteiger partial charge >= 0.3 is 0 Å². The van der Waals surface area contributed by atoms with Gasteiger partial charge in [0.15, 0.2) is 0 Å². The molecule has 1 rings (SSSR count). The van der Waals surface area contributed by atoms with Crippen LogP contribution < -0.4 is 0 Å². The van der Waals surface area contributed by atoms with Crippen LogP contribution in [0.2, 0.25) is 0 Å². The van der Waals surface area contributed by atoms with Gasteiger partial charge in [-0.2, -0.15) is 0 Å². The van der Waals surface area contributed by atoms with Crippen LogP contribution in [0.5, 0.6) is 5.75 Å². The second-order valence-corrected chi connectivity index (χ2v) is 3.23. The smallest absolute Gasteiger partial charge is 0.116 e. The lowest BCUT2D eigenvalue weighted by Crippen LogP contribution is -2.29. The first kappa shape index (κ1) is 10.8. The molecule has 3 heteroatoms. The number of benzene rings is 1. The Bertz CT molecular complexity index is 322. The molecule has 0 fully saturated rings. The summed E-state index contributed by atoms with van der Waals surface area (Å²) in [5.74, 6) is 0.0680. The summed E-state index contributed by atoms with van der Waals surface area (Å²) in [7, 11) is 0. The molecule has 0 saturated heterocycles. The van der Waals surface area contributed by atoms with E-state index in [9.17, 15) is 10.2 Å². The fourth-order valence-corrected chi connectivity index (χ4v) is 1.31. The number of hydrogen-bond donors (Lipinski definition) is 3. The van der Waals surface area contributed by atoms with E-state index < -0.39 is 12.2 Å². The highest BCUT2D eigenvalue weighted by molar-refractivity contribution is 5.31. The molecule has 1 aromatic carbocycles. The number of aliphatic hydroxyl groups is 2. The van der Waals surface area contributed by atoms with Crippen molar-refractivity contribution >= 4 is 0 Å². The van der Waals surface area contributed by atoms with Gasteiger partial charge < -0.3 is 15.3 Å². The average Bonchev–Trinajstić information content (AvgIpc) is 2.18.